The molecule has 2 N–H and O–H groups in total. The summed E-state index contributed by atoms with van der Waals surface area (Å²) < 4.78 is 6.03. The van der Waals surface area contributed by atoms with Gasteiger partial charge in [-0.15, -0.1) is 0 Å². The second-order valence-electron chi connectivity index (χ2n) is 5.20. The van der Waals surface area contributed by atoms with Gasteiger partial charge in [0.15, 0.2) is 0 Å². The molecule has 1 aliphatic carbocycles. The molecule has 100 valence electrons. The summed E-state index contributed by atoms with van der Waals surface area (Å²) in [6.07, 6.45) is 7.89. The minimum absolute atomic E-state index is 0.0376. The second-order valence-corrected chi connectivity index (χ2v) is 5.61. The zero-order chi connectivity index (χ0) is 13.0. The fraction of sp³-hybridized carbons (Fsp3) is 0.600. The molecule has 2 rings (SSSR count). The van der Waals surface area contributed by atoms with Gasteiger partial charge in [0.05, 0.1) is 6.10 Å². The Bertz CT molecular complexity index is 384. The SMILES string of the molecule is CC(N)c1ccc(OC2CCCCCC2)cc1Cl. The average molecular weight is 268 g/mol. The maximum absolute atomic E-state index is 6.21. The molecule has 18 heavy (non-hydrogen) atoms. The number of halogens is 1. The third-order valence-electron chi connectivity index (χ3n) is 3.57. The first kappa shape index (κ1) is 13.7. The van der Waals surface area contributed by atoms with Crippen molar-refractivity contribution in [1.29, 1.82) is 0 Å². The van der Waals surface area contributed by atoms with Crippen molar-refractivity contribution in [2.24, 2.45) is 5.73 Å². The average Bonchev–Trinajstić information content (AvgIpc) is 2.57. The van der Waals surface area contributed by atoms with Crippen LogP contribution in [0.1, 0.15) is 57.1 Å². The molecule has 1 aromatic carbocycles. The molecule has 1 saturated carbocycles. The summed E-state index contributed by atoms with van der Waals surface area (Å²) in [6.45, 7) is 1.94. The molecule has 1 aromatic rings. The van der Waals surface area contributed by atoms with Gasteiger partial charge < -0.3 is 10.5 Å². The van der Waals surface area contributed by atoms with Crippen LogP contribution < -0.4 is 10.5 Å². The summed E-state index contributed by atoms with van der Waals surface area (Å²) in [5, 5.41) is 0.705. The molecule has 0 spiro atoms. The molecule has 0 bridgehead atoms. The summed E-state index contributed by atoms with van der Waals surface area (Å²) in [7, 11) is 0. The van der Waals surface area contributed by atoms with Crippen molar-refractivity contribution in [3.05, 3.63) is 28.8 Å². The molecule has 3 heteroatoms. The van der Waals surface area contributed by atoms with Crippen molar-refractivity contribution >= 4 is 11.6 Å². The van der Waals surface area contributed by atoms with Crippen LogP contribution in [0.2, 0.25) is 5.02 Å². The number of benzene rings is 1. The van der Waals surface area contributed by atoms with E-state index in [1.807, 2.05) is 25.1 Å². The van der Waals surface area contributed by atoms with Crippen molar-refractivity contribution in [3.63, 3.8) is 0 Å². The van der Waals surface area contributed by atoms with Gasteiger partial charge in [-0.3, -0.25) is 0 Å². The first-order valence-corrected chi connectivity index (χ1v) is 7.26. The van der Waals surface area contributed by atoms with Gasteiger partial charge >= 0.3 is 0 Å². The molecule has 1 fully saturated rings. The molecule has 2 nitrogen and oxygen atoms in total. The maximum Gasteiger partial charge on any atom is 0.121 e. The van der Waals surface area contributed by atoms with E-state index in [-0.39, 0.29) is 6.04 Å². The number of rotatable bonds is 3. The van der Waals surface area contributed by atoms with Crippen molar-refractivity contribution in [3.8, 4) is 5.75 Å². The van der Waals surface area contributed by atoms with Crippen LogP contribution >= 0.6 is 11.6 Å². The van der Waals surface area contributed by atoms with Crippen LogP contribution in [0.3, 0.4) is 0 Å². The van der Waals surface area contributed by atoms with Crippen molar-refractivity contribution in [2.45, 2.75) is 57.6 Å². The van der Waals surface area contributed by atoms with Crippen LogP contribution in [0.4, 0.5) is 0 Å². The topological polar surface area (TPSA) is 35.2 Å². The first-order valence-electron chi connectivity index (χ1n) is 6.88. The predicted molar refractivity (Wildman–Crippen MR) is 76.2 cm³/mol. The van der Waals surface area contributed by atoms with E-state index in [1.54, 1.807) is 0 Å². The highest BCUT2D eigenvalue weighted by Crippen LogP contribution is 2.28. The van der Waals surface area contributed by atoms with E-state index in [2.05, 4.69) is 0 Å². The summed E-state index contributed by atoms with van der Waals surface area (Å²) >= 11 is 6.21. The number of hydrogen-bond acceptors (Lipinski definition) is 2. The number of hydrogen-bond donors (Lipinski definition) is 1. The van der Waals surface area contributed by atoms with E-state index in [9.17, 15) is 0 Å². The summed E-state index contributed by atoms with van der Waals surface area (Å²) in [4.78, 5) is 0. The van der Waals surface area contributed by atoms with Gasteiger partial charge in [-0.05, 0) is 50.3 Å². The summed E-state index contributed by atoms with van der Waals surface area (Å²) in [6, 6.07) is 5.81. The van der Waals surface area contributed by atoms with Crippen LogP contribution in [0, 0.1) is 0 Å². The predicted octanol–water partition coefficient (Wildman–Crippen LogP) is 4.46. The quantitative estimate of drug-likeness (QED) is 0.821. The lowest BCUT2D eigenvalue weighted by Crippen LogP contribution is -2.15. The highest BCUT2D eigenvalue weighted by molar-refractivity contribution is 6.31. The normalized spacial score (nSPS) is 19.3. The molecular weight excluding hydrogens is 246 g/mol. The van der Waals surface area contributed by atoms with E-state index < -0.39 is 0 Å². The molecule has 1 unspecified atom stereocenters. The lowest BCUT2D eigenvalue weighted by molar-refractivity contribution is 0.183. The molecule has 0 saturated heterocycles. The molecular formula is C15H22ClNO. The van der Waals surface area contributed by atoms with Crippen LogP contribution in [-0.4, -0.2) is 6.10 Å². The van der Waals surface area contributed by atoms with Crippen LogP contribution in [-0.2, 0) is 0 Å². The van der Waals surface area contributed by atoms with Crippen LogP contribution in [0.25, 0.3) is 0 Å². The van der Waals surface area contributed by atoms with E-state index in [1.165, 1.54) is 25.7 Å². The fourth-order valence-corrected chi connectivity index (χ4v) is 2.85. The molecule has 0 amide bonds. The van der Waals surface area contributed by atoms with Gasteiger partial charge in [-0.2, -0.15) is 0 Å². The number of nitrogens with two attached hydrogens (primary N) is 1. The first-order chi connectivity index (χ1) is 8.66. The van der Waals surface area contributed by atoms with E-state index >= 15 is 0 Å². The molecule has 0 aliphatic heterocycles. The van der Waals surface area contributed by atoms with Gasteiger partial charge in [0.25, 0.3) is 0 Å². The Balaban J connectivity index is 2.02. The molecule has 0 radical (unpaired) electrons. The zero-order valence-electron chi connectivity index (χ0n) is 11.0. The van der Waals surface area contributed by atoms with Crippen LogP contribution in [0.5, 0.6) is 5.75 Å². The molecule has 1 atom stereocenters. The van der Waals surface area contributed by atoms with Gasteiger partial charge in [0, 0.05) is 11.1 Å². The Morgan fingerprint density at radius 2 is 1.89 bits per heavy atom. The summed E-state index contributed by atoms with van der Waals surface area (Å²) in [5.41, 5.74) is 6.82. The Morgan fingerprint density at radius 3 is 2.44 bits per heavy atom. The lowest BCUT2D eigenvalue weighted by Gasteiger charge is -2.18. The van der Waals surface area contributed by atoms with E-state index in [0.29, 0.717) is 11.1 Å². The highest BCUT2D eigenvalue weighted by atomic mass is 35.5. The maximum atomic E-state index is 6.21. The molecule has 0 heterocycles. The highest BCUT2D eigenvalue weighted by Gasteiger charge is 2.14. The van der Waals surface area contributed by atoms with E-state index in [0.717, 1.165) is 24.2 Å². The Kier molecular flexibility index (Phi) is 4.90. The lowest BCUT2D eigenvalue weighted by atomic mass is 10.1. The fourth-order valence-electron chi connectivity index (χ4n) is 2.50. The minimum Gasteiger partial charge on any atom is -0.490 e. The monoisotopic (exact) mass is 267 g/mol. The van der Waals surface area contributed by atoms with Crippen LogP contribution in [0.15, 0.2) is 18.2 Å². The third-order valence-corrected chi connectivity index (χ3v) is 3.89. The van der Waals surface area contributed by atoms with E-state index in [4.69, 9.17) is 22.1 Å². The smallest absolute Gasteiger partial charge is 0.121 e. The Labute approximate surface area is 114 Å². The van der Waals surface area contributed by atoms with Gasteiger partial charge in [0.2, 0.25) is 0 Å². The minimum atomic E-state index is -0.0376. The molecule has 1 aliphatic rings. The van der Waals surface area contributed by atoms with Crippen molar-refractivity contribution < 1.29 is 4.74 Å². The second kappa shape index (κ2) is 6.44. The van der Waals surface area contributed by atoms with Crippen molar-refractivity contribution in [2.75, 3.05) is 0 Å². The standard InChI is InChI=1S/C15H22ClNO/c1-11(17)14-9-8-13(10-15(14)16)18-12-6-4-2-3-5-7-12/h8-12H,2-7,17H2,1H3. The largest absolute Gasteiger partial charge is 0.490 e. The number of ether oxygens (including phenoxy) is 1. The third kappa shape index (κ3) is 3.63. The summed E-state index contributed by atoms with van der Waals surface area (Å²) in [5.74, 6) is 0.872. The Hall–Kier alpha value is -0.730. The zero-order valence-corrected chi connectivity index (χ0v) is 11.7. The van der Waals surface area contributed by atoms with Gasteiger partial charge in [-0.1, -0.05) is 30.5 Å². The molecule has 0 aromatic heterocycles. The van der Waals surface area contributed by atoms with Gasteiger partial charge in [0.1, 0.15) is 5.75 Å². The van der Waals surface area contributed by atoms with Crippen molar-refractivity contribution in [1.82, 2.24) is 0 Å². The Morgan fingerprint density at radius 1 is 1.22 bits per heavy atom. The van der Waals surface area contributed by atoms with Gasteiger partial charge in [-0.25, -0.2) is 0 Å².